The van der Waals surface area contributed by atoms with Crippen molar-refractivity contribution in [2.24, 2.45) is 5.73 Å². The van der Waals surface area contributed by atoms with E-state index in [4.69, 9.17) is 17.3 Å². The van der Waals surface area contributed by atoms with Crippen LogP contribution in [0, 0.1) is 0 Å². The van der Waals surface area contributed by atoms with E-state index in [1.807, 2.05) is 0 Å². The Bertz CT molecular complexity index is 450. The molecule has 0 fully saturated rings. The highest BCUT2D eigenvalue weighted by atomic mass is 35.5. The zero-order chi connectivity index (χ0) is 13.0. The molecule has 5 nitrogen and oxygen atoms in total. The molecule has 4 N–H and O–H groups in total. The van der Waals surface area contributed by atoms with Gasteiger partial charge in [-0.1, -0.05) is 11.6 Å². The Hall–Kier alpha value is -1.30. The van der Waals surface area contributed by atoms with Crippen molar-refractivity contribution in [1.29, 1.82) is 0 Å². The average Bonchev–Trinajstić information content (AvgIpc) is 2.22. The van der Waals surface area contributed by atoms with Crippen molar-refractivity contribution in [2.45, 2.75) is 19.9 Å². The van der Waals surface area contributed by atoms with Crippen molar-refractivity contribution < 1.29 is 9.59 Å². The van der Waals surface area contributed by atoms with Gasteiger partial charge in [-0.25, -0.2) is 0 Å². The molecular formula is C11H15Cl2N3O2. The predicted molar refractivity (Wildman–Crippen MR) is 75.3 cm³/mol. The summed E-state index contributed by atoms with van der Waals surface area (Å²) < 4.78 is 0. The summed E-state index contributed by atoms with van der Waals surface area (Å²) in [4.78, 5) is 22.3. The van der Waals surface area contributed by atoms with Crippen molar-refractivity contribution in [3.8, 4) is 0 Å². The van der Waals surface area contributed by atoms with E-state index in [-0.39, 0.29) is 24.2 Å². The van der Waals surface area contributed by atoms with Crippen LogP contribution in [0.1, 0.15) is 13.8 Å². The van der Waals surface area contributed by atoms with Crippen LogP contribution in [0.15, 0.2) is 18.2 Å². The fourth-order valence-corrected chi connectivity index (χ4v) is 1.31. The first-order chi connectivity index (χ1) is 7.90. The minimum atomic E-state index is -0.602. The number of hydrogen-bond donors (Lipinski definition) is 3. The summed E-state index contributed by atoms with van der Waals surface area (Å²) in [6, 6.07) is 4.19. The molecule has 18 heavy (non-hydrogen) atoms. The monoisotopic (exact) mass is 291 g/mol. The Morgan fingerprint density at radius 3 is 2.44 bits per heavy atom. The van der Waals surface area contributed by atoms with E-state index in [0.29, 0.717) is 16.4 Å². The van der Waals surface area contributed by atoms with Gasteiger partial charge in [-0.05, 0) is 25.1 Å². The SMILES string of the molecule is CC(=O)Nc1cc(NC(=O)[C@@H](C)N)ccc1Cl.Cl. The van der Waals surface area contributed by atoms with E-state index in [2.05, 4.69) is 10.6 Å². The zero-order valence-electron chi connectivity index (χ0n) is 9.99. The normalized spacial score (nSPS) is 11.1. The van der Waals surface area contributed by atoms with Crippen LogP contribution < -0.4 is 16.4 Å². The first kappa shape index (κ1) is 16.7. The van der Waals surface area contributed by atoms with Crippen molar-refractivity contribution in [1.82, 2.24) is 0 Å². The van der Waals surface area contributed by atoms with Crippen molar-refractivity contribution in [3.05, 3.63) is 23.2 Å². The van der Waals surface area contributed by atoms with Gasteiger partial charge >= 0.3 is 0 Å². The molecule has 0 radical (unpaired) electrons. The van der Waals surface area contributed by atoms with Crippen LogP contribution in [0.25, 0.3) is 0 Å². The second-order valence-electron chi connectivity index (χ2n) is 3.65. The lowest BCUT2D eigenvalue weighted by atomic mass is 10.2. The number of halogens is 2. The second-order valence-corrected chi connectivity index (χ2v) is 4.06. The standard InChI is InChI=1S/C11H14ClN3O2.ClH/c1-6(13)11(17)15-8-3-4-9(12)10(5-8)14-7(2)16;/h3-6H,13H2,1-2H3,(H,14,16)(H,15,17);1H/t6-;/m1./s1. The highest BCUT2D eigenvalue weighted by molar-refractivity contribution is 6.33. The van der Waals surface area contributed by atoms with Gasteiger partial charge in [0.15, 0.2) is 0 Å². The maximum absolute atomic E-state index is 11.4. The maximum Gasteiger partial charge on any atom is 0.240 e. The minimum absolute atomic E-state index is 0. The van der Waals surface area contributed by atoms with Gasteiger partial charge < -0.3 is 16.4 Å². The topological polar surface area (TPSA) is 84.2 Å². The number of benzene rings is 1. The number of carbonyl (C=O) groups excluding carboxylic acids is 2. The number of anilines is 2. The molecule has 0 spiro atoms. The third-order valence-corrected chi connectivity index (χ3v) is 2.29. The Labute approximate surface area is 116 Å². The van der Waals surface area contributed by atoms with Crippen LogP contribution in [0.3, 0.4) is 0 Å². The van der Waals surface area contributed by atoms with Crippen molar-refractivity contribution in [2.75, 3.05) is 10.6 Å². The molecule has 0 saturated heterocycles. The van der Waals surface area contributed by atoms with Gasteiger partial charge in [-0.3, -0.25) is 9.59 Å². The second kappa shape index (κ2) is 7.20. The first-order valence-electron chi connectivity index (χ1n) is 5.03. The summed E-state index contributed by atoms with van der Waals surface area (Å²) >= 11 is 5.89. The molecule has 2 amide bonds. The lowest BCUT2D eigenvalue weighted by Crippen LogP contribution is -2.32. The molecule has 0 bridgehead atoms. The number of hydrogen-bond acceptors (Lipinski definition) is 3. The van der Waals surface area contributed by atoms with Gasteiger partial charge in [0.05, 0.1) is 16.8 Å². The molecule has 1 aromatic rings. The predicted octanol–water partition coefficient (Wildman–Crippen LogP) is 2.01. The molecular weight excluding hydrogens is 277 g/mol. The fourth-order valence-electron chi connectivity index (χ4n) is 1.14. The molecule has 0 aliphatic rings. The van der Waals surface area contributed by atoms with E-state index in [1.165, 1.54) is 6.92 Å². The molecule has 0 aliphatic heterocycles. The smallest absolute Gasteiger partial charge is 0.240 e. The van der Waals surface area contributed by atoms with Gasteiger partial charge in [0.1, 0.15) is 0 Å². The molecule has 0 unspecified atom stereocenters. The van der Waals surface area contributed by atoms with Crippen LogP contribution in [0.5, 0.6) is 0 Å². The highest BCUT2D eigenvalue weighted by Gasteiger charge is 2.09. The fraction of sp³-hybridized carbons (Fsp3) is 0.273. The number of rotatable bonds is 3. The third-order valence-electron chi connectivity index (χ3n) is 1.96. The zero-order valence-corrected chi connectivity index (χ0v) is 11.6. The summed E-state index contributed by atoms with van der Waals surface area (Å²) in [5.74, 6) is -0.538. The molecule has 1 aromatic carbocycles. The Morgan fingerprint density at radius 2 is 1.94 bits per heavy atom. The molecule has 100 valence electrons. The van der Waals surface area contributed by atoms with E-state index >= 15 is 0 Å². The van der Waals surface area contributed by atoms with Gasteiger partial charge in [0.2, 0.25) is 11.8 Å². The van der Waals surface area contributed by atoms with Crippen LogP contribution in [0.4, 0.5) is 11.4 Å². The quantitative estimate of drug-likeness (QED) is 0.796. The highest BCUT2D eigenvalue weighted by Crippen LogP contribution is 2.25. The molecule has 1 rings (SSSR count). The molecule has 7 heteroatoms. The number of amides is 2. The van der Waals surface area contributed by atoms with E-state index in [1.54, 1.807) is 25.1 Å². The number of carbonyl (C=O) groups is 2. The van der Waals surface area contributed by atoms with Crippen LogP contribution >= 0.6 is 24.0 Å². The summed E-state index contributed by atoms with van der Waals surface area (Å²) in [7, 11) is 0. The number of nitrogens with two attached hydrogens (primary N) is 1. The van der Waals surface area contributed by atoms with Gasteiger partial charge in [0.25, 0.3) is 0 Å². The summed E-state index contributed by atoms with van der Waals surface area (Å²) in [5.41, 5.74) is 6.40. The van der Waals surface area contributed by atoms with Crippen LogP contribution in [-0.4, -0.2) is 17.9 Å². The first-order valence-corrected chi connectivity index (χ1v) is 5.41. The summed E-state index contributed by atoms with van der Waals surface area (Å²) in [6.45, 7) is 2.96. The molecule has 0 heterocycles. The van der Waals surface area contributed by atoms with Crippen molar-refractivity contribution in [3.63, 3.8) is 0 Å². The minimum Gasteiger partial charge on any atom is -0.325 e. The summed E-state index contributed by atoms with van der Waals surface area (Å²) in [5, 5.41) is 5.57. The molecule has 1 atom stereocenters. The van der Waals surface area contributed by atoms with Gasteiger partial charge in [-0.15, -0.1) is 12.4 Å². The van der Waals surface area contributed by atoms with E-state index in [0.717, 1.165) is 0 Å². The average molecular weight is 292 g/mol. The Balaban J connectivity index is 0.00000289. The molecule has 0 aromatic heterocycles. The largest absolute Gasteiger partial charge is 0.325 e. The number of nitrogens with one attached hydrogen (secondary N) is 2. The Kier molecular flexibility index (Phi) is 6.68. The maximum atomic E-state index is 11.4. The lowest BCUT2D eigenvalue weighted by molar-refractivity contribution is -0.117. The summed E-state index contributed by atoms with van der Waals surface area (Å²) in [6.07, 6.45) is 0. The lowest BCUT2D eigenvalue weighted by Gasteiger charge is -2.10. The van der Waals surface area contributed by atoms with Crippen molar-refractivity contribution >= 4 is 47.2 Å². The van der Waals surface area contributed by atoms with E-state index in [9.17, 15) is 9.59 Å². The third kappa shape index (κ3) is 4.91. The Morgan fingerprint density at radius 1 is 1.33 bits per heavy atom. The van der Waals surface area contributed by atoms with Crippen LogP contribution in [0.2, 0.25) is 5.02 Å². The molecule has 0 saturated carbocycles. The van der Waals surface area contributed by atoms with E-state index < -0.39 is 6.04 Å². The van der Waals surface area contributed by atoms with Gasteiger partial charge in [-0.2, -0.15) is 0 Å². The molecule has 0 aliphatic carbocycles. The van der Waals surface area contributed by atoms with Crippen LogP contribution in [-0.2, 0) is 9.59 Å². The van der Waals surface area contributed by atoms with Gasteiger partial charge in [0, 0.05) is 12.6 Å².